The fraction of sp³-hybridized carbons (Fsp3) is 0.400. The molecule has 1 saturated heterocycles. The van der Waals surface area contributed by atoms with Crippen LogP contribution in [0, 0.1) is 0 Å². The molecule has 1 aromatic carbocycles. The van der Waals surface area contributed by atoms with Crippen molar-refractivity contribution in [3.05, 3.63) is 42.1 Å². The van der Waals surface area contributed by atoms with Crippen LogP contribution in [0.15, 0.2) is 36.4 Å². The molecule has 1 atom stereocenters. The second-order valence-corrected chi connectivity index (χ2v) is 8.55. The Bertz CT molecular complexity index is 1210. The lowest BCUT2D eigenvalue weighted by molar-refractivity contribution is -0.138. The molecule has 0 aliphatic carbocycles. The Kier molecular flexibility index (Phi) is 12.1. The van der Waals surface area contributed by atoms with Crippen LogP contribution in [0.4, 0.5) is 10.6 Å². The van der Waals surface area contributed by atoms with E-state index in [1.807, 2.05) is 0 Å². The molecule has 2 heterocycles. The molecule has 0 saturated carbocycles. The molecular formula is C25H31ClN6O8. The van der Waals surface area contributed by atoms with Gasteiger partial charge in [0.2, 0.25) is 5.91 Å². The van der Waals surface area contributed by atoms with E-state index in [1.54, 1.807) is 37.3 Å². The van der Waals surface area contributed by atoms with Crippen molar-refractivity contribution in [2.45, 2.75) is 25.8 Å². The summed E-state index contributed by atoms with van der Waals surface area (Å²) in [5.41, 5.74) is 0.431. The van der Waals surface area contributed by atoms with Crippen molar-refractivity contribution in [1.29, 1.82) is 0 Å². The molecule has 1 aromatic heterocycles. The number of benzene rings is 1. The molecule has 1 aliphatic heterocycles. The SMILES string of the molecule is CCOC(=O)N1CCN(C(=O)C(CCC(=O)O)NC(=O)c2cc(NCC(=O)O)nc(-c3ccccc3)n2)CC1.Cl. The highest BCUT2D eigenvalue weighted by molar-refractivity contribution is 5.97. The van der Waals surface area contributed by atoms with E-state index >= 15 is 0 Å². The van der Waals surface area contributed by atoms with Crippen LogP contribution >= 0.6 is 12.4 Å². The van der Waals surface area contributed by atoms with Gasteiger partial charge in [-0.2, -0.15) is 0 Å². The van der Waals surface area contributed by atoms with Crippen LogP contribution in [0.2, 0.25) is 0 Å². The molecule has 4 N–H and O–H groups in total. The molecule has 1 fully saturated rings. The van der Waals surface area contributed by atoms with Crippen molar-refractivity contribution >= 4 is 48.1 Å². The number of aliphatic carboxylic acids is 2. The van der Waals surface area contributed by atoms with Gasteiger partial charge in [-0.05, 0) is 13.3 Å². The molecule has 1 aliphatic rings. The number of halogens is 1. The molecule has 15 heteroatoms. The normalized spacial score (nSPS) is 13.4. The van der Waals surface area contributed by atoms with Crippen LogP contribution in [-0.4, -0.2) is 105 Å². The summed E-state index contributed by atoms with van der Waals surface area (Å²) in [7, 11) is 0. The molecule has 3 rings (SSSR count). The first-order valence-electron chi connectivity index (χ1n) is 12.3. The van der Waals surface area contributed by atoms with Gasteiger partial charge in [-0.3, -0.25) is 19.2 Å². The molecule has 1 unspecified atom stereocenters. The molecule has 40 heavy (non-hydrogen) atoms. The number of hydrogen-bond donors (Lipinski definition) is 4. The van der Waals surface area contributed by atoms with Crippen molar-refractivity contribution in [2.75, 3.05) is 44.6 Å². The van der Waals surface area contributed by atoms with Gasteiger partial charge >= 0.3 is 18.0 Å². The minimum Gasteiger partial charge on any atom is -0.481 e. The minimum absolute atomic E-state index is 0. The number of carbonyl (C=O) groups excluding carboxylic acids is 3. The highest BCUT2D eigenvalue weighted by Crippen LogP contribution is 2.18. The van der Waals surface area contributed by atoms with E-state index in [4.69, 9.17) is 9.84 Å². The summed E-state index contributed by atoms with van der Waals surface area (Å²) in [4.78, 5) is 72.2. The molecule has 3 amide bonds. The third-order valence-corrected chi connectivity index (χ3v) is 5.78. The molecule has 216 valence electrons. The van der Waals surface area contributed by atoms with Crippen molar-refractivity contribution in [3.8, 4) is 11.4 Å². The number of anilines is 1. The average Bonchev–Trinajstić information content (AvgIpc) is 2.94. The van der Waals surface area contributed by atoms with Gasteiger partial charge in [0.15, 0.2) is 5.82 Å². The average molecular weight is 579 g/mol. The van der Waals surface area contributed by atoms with Crippen LogP contribution in [0.5, 0.6) is 0 Å². The number of rotatable bonds is 11. The second kappa shape index (κ2) is 15.2. The lowest BCUT2D eigenvalue weighted by Crippen LogP contribution is -2.56. The number of carboxylic acid groups (broad SMARTS) is 2. The fourth-order valence-corrected chi connectivity index (χ4v) is 3.84. The van der Waals surface area contributed by atoms with Gasteiger partial charge in [0.1, 0.15) is 24.1 Å². The van der Waals surface area contributed by atoms with E-state index < -0.39 is 42.4 Å². The van der Waals surface area contributed by atoms with Gasteiger partial charge in [0, 0.05) is 44.2 Å². The van der Waals surface area contributed by atoms with E-state index in [2.05, 4.69) is 20.6 Å². The molecule has 0 spiro atoms. The number of carbonyl (C=O) groups is 5. The quantitative estimate of drug-likeness (QED) is 0.300. The monoisotopic (exact) mass is 578 g/mol. The first-order chi connectivity index (χ1) is 18.7. The summed E-state index contributed by atoms with van der Waals surface area (Å²) < 4.78 is 4.98. The van der Waals surface area contributed by atoms with Gasteiger partial charge < -0.3 is 35.4 Å². The Morgan fingerprint density at radius 1 is 0.975 bits per heavy atom. The number of ether oxygens (including phenoxy) is 1. The van der Waals surface area contributed by atoms with Gasteiger partial charge in [0.25, 0.3) is 5.91 Å². The molecule has 2 aromatic rings. The summed E-state index contributed by atoms with van der Waals surface area (Å²) in [6, 6.07) is 8.79. The number of amides is 3. The lowest BCUT2D eigenvalue weighted by Gasteiger charge is -2.35. The van der Waals surface area contributed by atoms with E-state index in [0.29, 0.717) is 5.56 Å². The zero-order valence-electron chi connectivity index (χ0n) is 21.7. The van der Waals surface area contributed by atoms with Crippen molar-refractivity contribution < 1.29 is 38.9 Å². The van der Waals surface area contributed by atoms with Crippen LogP contribution in [0.1, 0.15) is 30.3 Å². The van der Waals surface area contributed by atoms with Crippen molar-refractivity contribution in [1.82, 2.24) is 25.1 Å². The van der Waals surface area contributed by atoms with Crippen LogP contribution < -0.4 is 10.6 Å². The molecular weight excluding hydrogens is 548 g/mol. The first kappa shape index (κ1) is 31.8. The predicted molar refractivity (Wildman–Crippen MR) is 144 cm³/mol. The minimum atomic E-state index is -1.17. The van der Waals surface area contributed by atoms with Gasteiger partial charge in [0.05, 0.1) is 6.61 Å². The van der Waals surface area contributed by atoms with Crippen LogP contribution in [0.3, 0.4) is 0 Å². The zero-order chi connectivity index (χ0) is 28.4. The second-order valence-electron chi connectivity index (χ2n) is 8.55. The third kappa shape index (κ3) is 9.08. The van der Waals surface area contributed by atoms with Gasteiger partial charge in [-0.1, -0.05) is 30.3 Å². The van der Waals surface area contributed by atoms with Gasteiger partial charge in [-0.25, -0.2) is 14.8 Å². The largest absolute Gasteiger partial charge is 0.481 e. The fourth-order valence-electron chi connectivity index (χ4n) is 3.84. The maximum Gasteiger partial charge on any atom is 0.409 e. The highest BCUT2D eigenvalue weighted by Gasteiger charge is 2.31. The predicted octanol–water partition coefficient (Wildman–Crippen LogP) is 1.33. The Hall–Kier alpha value is -4.46. The van der Waals surface area contributed by atoms with E-state index in [9.17, 15) is 29.1 Å². The molecule has 0 radical (unpaired) electrons. The van der Waals surface area contributed by atoms with E-state index in [-0.39, 0.29) is 75.4 Å². The smallest absolute Gasteiger partial charge is 0.409 e. The highest BCUT2D eigenvalue weighted by atomic mass is 35.5. The summed E-state index contributed by atoms with van der Waals surface area (Å²) >= 11 is 0. The van der Waals surface area contributed by atoms with Crippen molar-refractivity contribution in [2.24, 2.45) is 0 Å². The van der Waals surface area contributed by atoms with E-state index in [0.717, 1.165) is 0 Å². The summed E-state index contributed by atoms with van der Waals surface area (Å²) in [5, 5.41) is 23.4. The summed E-state index contributed by atoms with van der Waals surface area (Å²) in [5.74, 6) is -3.29. The molecule has 14 nitrogen and oxygen atoms in total. The lowest BCUT2D eigenvalue weighted by atomic mass is 10.1. The maximum atomic E-state index is 13.3. The summed E-state index contributed by atoms with van der Waals surface area (Å²) in [6.45, 7) is 2.30. The van der Waals surface area contributed by atoms with Crippen LogP contribution in [-0.2, 0) is 19.1 Å². The number of nitrogens with zero attached hydrogens (tertiary/aromatic N) is 4. The first-order valence-corrected chi connectivity index (χ1v) is 12.3. The van der Waals surface area contributed by atoms with Gasteiger partial charge in [-0.15, -0.1) is 12.4 Å². The molecule has 0 bridgehead atoms. The Morgan fingerprint density at radius 3 is 2.23 bits per heavy atom. The zero-order valence-corrected chi connectivity index (χ0v) is 22.6. The Balaban J connectivity index is 0.00000560. The standard InChI is InChI=1S/C25H30N6O8.ClH/c1-2-39-25(38)31-12-10-30(11-13-31)24(37)17(8-9-20(32)33)28-23(36)18-14-19(26-15-21(34)35)29-22(27-18)16-6-4-3-5-7-16;/h3-7,14,17H,2,8-13,15H2,1H3,(H,28,36)(H,32,33)(H,34,35)(H,26,27,29);1H. The number of piperazine rings is 1. The summed E-state index contributed by atoms with van der Waals surface area (Å²) in [6.07, 6.45) is -1.02. The number of aromatic nitrogens is 2. The van der Waals surface area contributed by atoms with E-state index in [1.165, 1.54) is 15.9 Å². The van der Waals surface area contributed by atoms with Crippen molar-refractivity contribution in [3.63, 3.8) is 0 Å². The number of carboxylic acids is 2. The Labute approximate surface area is 236 Å². The topological polar surface area (TPSA) is 191 Å². The Morgan fingerprint density at radius 2 is 1.62 bits per heavy atom. The van der Waals surface area contributed by atoms with Crippen LogP contribution in [0.25, 0.3) is 11.4 Å². The third-order valence-electron chi connectivity index (χ3n) is 5.78. The number of nitrogens with one attached hydrogen (secondary N) is 2. The maximum absolute atomic E-state index is 13.3. The number of hydrogen-bond acceptors (Lipinski definition) is 9.